The quantitative estimate of drug-likeness (QED) is 0.249. The predicted molar refractivity (Wildman–Crippen MR) is 151 cm³/mol. The van der Waals surface area contributed by atoms with Crippen molar-refractivity contribution in [2.24, 2.45) is 0 Å². The Kier molecular flexibility index (Phi) is 7.30. The molecule has 7 heteroatoms. The van der Waals surface area contributed by atoms with Gasteiger partial charge in [0.25, 0.3) is 0 Å². The molecule has 0 radical (unpaired) electrons. The van der Waals surface area contributed by atoms with Crippen molar-refractivity contribution in [3.63, 3.8) is 0 Å². The molecule has 3 aromatic carbocycles. The number of hydrogen-bond acceptors (Lipinski definition) is 4. The number of fused-ring (bicyclic) bond motifs is 1. The molecule has 0 aromatic heterocycles. The van der Waals surface area contributed by atoms with E-state index in [9.17, 15) is 14.7 Å². The molecule has 6 rings (SSSR count). The predicted octanol–water partition coefficient (Wildman–Crippen LogP) is 8.70. The average Bonchev–Trinajstić information content (AvgIpc) is 3.84. The first-order chi connectivity index (χ1) is 18.9. The minimum Gasteiger partial charge on any atom is -0.493 e. The molecule has 1 unspecified atom stereocenters. The Labute approximate surface area is 238 Å². The van der Waals surface area contributed by atoms with Crippen LogP contribution in [0, 0.1) is 0 Å². The monoisotopic (exact) mass is 564 g/mol. The number of ketones is 1. The van der Waals surface area contributed by atoms with E-state index in [4.69, 9.17) is 32.7 Å². The number of Topliss-reactive ketones (excluding diaryl/α,β-unsaturated/α-hetero) is 1. The van der Waals surface area contributed by atoms with Gasteiger partial charge >= 0.3 is 5.97 Å². The lowest BCUT2D eigenvalue weighted by molar-refractivity contribution is -0.139. The highest BCUT2D eigenvalue weighted by Gasteiger charge is 2.41. The molecule has 39 heavy (non-hydrogen) atoms. The number of carboxylic acids is 1. The number of aliphatic carboxylic acids is 1. The van der Waals surface area contributed by atoms with Gasteiger partial charge in [-0.1, -0.05) is 29.3 Å². The summed E-state index contributed by atoms with van der Waals surface area (Å²) < 4.78 is 12.6. The maximum atomic E-state index is 12.8. The van der Waals surface area contributed by atoms with Crippen LogP contribution in [0.25, 0.3) is 0 Å². The van der Waals surface area contributed by atoms with Gasteiger partial charge in [0.2, 0.25) is 0 Å². The first-order valence-electron chi connectivity index (χ1n) is 13.7. The van der Waals surface area contributed by atoms with E-state index in [1.807, 2.05) is 42.5 Å². The number of halogens is 2. The third-order valence-corrected chi connectivity index (χ3v) is 8.50. The van der Waals surface area contributed by atoms with Gasteiger partial charge in [0.1, 0.15) is 17.2 Å². The van der Waals surface area contributed by atoms with E-state index in [0.717, 1.165) is 53.7 Å². The summed E-state index contributed by atoms with van der Waals surface area (Å²) in [7, 11) is 0. The molecular weight excluding hydrogens is 535 g/mol. The zero-order valence-electron chi connectivity index (χ0n) is 21.6. The molecule has 1 atom stereocenters. The topological polar surface area (TPSA) is 72.8 Å². The highest BCUT2D eigenvalue weighted by molar-refractivity contribution is 6.35. The molecule has 3 aliphatic rings. The van der Waals surface area contributed by atoms with Gasteiger partial charge in [0, 0.05) is 33.2 Å². The Morgan fingerprint density at radius 1 is 0.923 bits per heavy atom. The SMILES string of the molecule is O=C(CCCc1ccc(Cl)cc1Cl)c1ccc(Oc2c(C3CC3)cc3c(c2C2CC2)OCCC3C(=O)O)cc1. The van der Waals surface area contributed by atoms with Crippen LogP contribution in [-0.2, 0) is 11.2 Å². The lowest BCUT2D eigenvalue weighted by Gasteiger charge is -2.28. The summed E-state index contributed by atoms with van der Waals surface area (Å²) in [5.74, 6) is 1.64. The molecule has 5 nitrogen and oxygen atoms in total. The van der Waals surface area contributed by atoms with Crippen molar-refractivity contribution in [2.45, 2.75) is 69.1 Å². The van der Waals surface area contributed by atoms with Crippen molar-refractivity contribution in [1.29, 1.82) is 0 Å². The standard InChI is InChI=1S/C32H30Cl2O5/c33-22-11-8-19(27(34)16-22)2-1-3-28(35)20-9-12-23(13-10-20)39-31-25(18-4-5-18)17-26-24(32(36)37)14-15-38-30(26)29(31)21-6-7-21/h8-13,16-18,21,24H,1-7,14-15H2,(H,36,37). The summed E-state index contributed by atoms with van der Waals surface area (Å²) in [6, 6.07) is 14.8. The lowest BCUT2D eigenvalue weighted by Crippen LogP contribution is -2.22. The van der Waals surface area contributed by atoms with Crippen LogP contribution in [0.4, 0.5) is 0 Å². The Morgan fingerprint density at radius 2 is 1.67 bits per heavy atom. The number of rotatable bonds is 10. The van der Waals surface area contributed by atoms with Crippen molar-refractivity contribution in [3.05, 3.63) is 86.4 Å². The summed E-state index contributed by atoms with van der Waals surface area (Å²) in [6.45, 7) is 0.396. The van der Waals surface area contributed by atoms with Crippen molar-refractivity contribution in [1.82, 2.24) is 0 Å². The largest absolute Gasteiger partial charge is 0.493 e. The van der Waals surface area contributed by atoms with Gasteiger partial charge in [-0.05, 0) is 110 Å². The highest BCUT2D eigenvalue weighted by Crippen LogP contribution is 2.58. The van der Waals surface area contributed by atoms with Crippen LogP contribution < -0.4 is 9.47 Å². The average molecular weight is 565 g/mol. The maximum Gasteiger partial charge on any atom is 0.311 e. The van der Waals surface area contributed by atoms with Crippen LogP contribution in [-0.4, -0.2) is 23.5 Å². The normalized spacial score (nSPS) is 18.3. The van der Waals surface area contributed by atoms with Crippen molar-refractivity contribution < 1.29 is 24.2 Å². The molecular formula is C32H30Cl2O5. The van der Waals surface area contributed by atoms with Crippen LogP contribution in [0.15, 0.2) is 48.5 Å². The number of benzene rings is 3. The molecule has 2 aliphatic carbocycles. The first-order valence-corrected chi connectivity index (χ1v) is 14.5. The molecule has 2 saturated carbocycles. The van der Waals surface area contributed by atoms with Crippen LogP contribution in [0.5, 0.6) is 17.2 Å². The fraction of sp³-hybridized carbons (Fsp3) is 0.375. The summed E-state index contributed by atoms with van der Waals surface area (Å²) >= 11 is 12.2. The molecule has 0 amide bonds. The molecule has 3 aromatic rings. The smallest absolute Gasteiger partial charge is 0.311 e. The van der Waals surface area contributed by atoms with Crippen LogP contribution >= 0.6 is 23.2 Å². The molecule has 0 saturated heterocycles. The second kappa shape index (κ2) is 10.9. The third kappa shape index (κ3) is 5.66. The summed E-state index contributed by atoms with van der Waals surface area (Å²) in [6.07, 6.45) is 6.56. The van der Waals surface area contributed by atoms with Crippen molar-refractivity contribution in [3.8, 4) is 17.2 Å². The maximum absolute atomic E-state index is 12.8. The van der Waals surface area contributed by atoms with E-state index in [-0.39, 0.29) is 5.78 Å². The van der Waals surface area contributed by atoms with Gasteiger partial charge in [-0.3, -0.25) is 9.59 Å². The molecule has 1 N–H and O–H groups in total. The van der Waals surface area contributed by atoms with Gasteiger partial charge in [-0.2, -0.15) is 0 Å². The van der Waals surface area contributed by atoms with E-state index >= 15 is 0 Å². The van der Waals surface area contributed by atoms with E-state index in [1.165, 1.54) is 0 Å². The molecule has 0 bridgehead atoms. The van der Waals surface area contributed by atoms with Crippen LogP contribution in [0.2, 0.25) is 10.0 Å². The summed E-state index contributed by atoms with van der Waals surface area (Å²) in [5.41, 5.74) is 4.55. The molecule has 1 aliphatic heterocycles. The molecule has 2 fully saturated rings. The number of carboxylic acid groups (broad SMARTS) is 1. The fourth-order valence-electron chi connectivity index (χ4n) is 5.51. The Bertz CT molecular complexity index is 1420. The second-order valence-corrected chi connectivity index (χ2v) is 11.7. The van der Waals surface area contributed by atoms with Gasteiger partial charge in [-0.25, -0.2) is 0 Å². The van der Waals surface area contributed by atoms with Crippen molar-refractivity contribution >= 4 is 35.0 Å². The third-order valence-electron chi connectivity index (χ3n) is 7.92. The van der Waals surface area contributed by atoms with Gasteiger partial charge < -0.3 is 14.6 Å². The number of hydrogen-bond donors (Lipinski definition) is 1. The number of carbonyl (C=O) groups is 2. The van der Waals surface area contributed by atoms with Gasteiger partial charge in [-0.15, -0.1) is 0 Å². The van der Waals surface area contributed by atoms with E-state index in [1.54, 1.807) is 6.07 Å². The Morgan fingerprint density at radius 3 is 2.33 bits per heavy atom. The molecule has 1 heterocycles. The second-order valence-electron chi connectivity index (χ2n) is 10.8. The summed E-state index contributed by atoms with van der Waals surface area (Å²) in [4.78, 5) is 24.8. The van der Waals surface area contributed by atoms with Crippen LogP contribution in [0.3, 0.4) is 0 Å². The van der Waals surface area contributed by atoms with Gasteiger partial charge in [0.05, 0.1) is 12.5 Å². The summed E-state index contributed by atoms with van der Waals surface area (Å²) in [5, 5.41) is 11.1. The van der Waals surface area contributed by atoms with E-state index in [2.05, 4.69) is 0 Å². The minimum atomic E-state index is -0.798. The zero-order valence-corrected chi connectivity index (χ0v) is 23.1. The number of aryl methyl sites for hydroxylation is 1. The van der Waals surface area contributed by atoms with E-state index in [0.29, 0.717) is 71.2 Å². The molecule has 0 spiro atoms. The van der Waals surface area contributed by atoms with Crippen molar-refractivity contribution in [2.75, 3.05) is 6.61 Å². The number of carbonyl (C=O) groups excluding carboxylic acids is 1. The Balaban J connectivity index is 1.20. The Hall–Kier alpha value is -3.02. The lowest BCUT2D eigenvalue weighted by atomic mass is 9.86. The highest BCUT2D eigenvalue weighted by atomic mass is 35.5. The van der Waals surface area contributed by atoms with Gasteiger partial charge in [0.15, 0.2) is 5.78 Å². The minimum absolute atomic E-state index is 0.0749. The number of ether oxygens (including phenoxy) is 2. The zero-order chi connectivity index (χ0) is 27.1. The first kappa shape index (κ1) is 26.2. The van der Waals surface area contributed by atoms with E-state index < -0.39 is 11.9 Å². The van der Waals surface area contributed by atoms with Crippen LogP contribution in [0.1, 0.15) is 95.3 Å². The molecule has 202 valence electrons. The fourth-order valence-corrected chi connectivity index (χ4v) is 6.02.